The molecule has 0 radical (unpaired) electrons. The Kier molecular flexibility index (Phi) is 5.41. The van der Waals surface area contributed by atoms with Crippen LogP contribution in [-0.4, -0.2) is 34.8 Å². The first-order valence-electron chi connectivity index (χ1n) is 8.35. The fourth-order valence-corrected chi connectivity index (χ4v) is 3.60. The van der Waals surface area contributed by atoms with Crippen molar-refractivity contribution in [2.75, 3.05) is 31.1 Å². The summed E-state index contributed by atoms with van der Waals surface area (Å²) in [6.45, 7) is 5.40. The Morgan fingerprint density at radius 2 is 1.69 bits per heavy atom. The van der Waals surface area contributed by atoms with Crippen molar-refractivity contribution in [1.29, 1.82) is 0 Å². The smallest absolute Gasteiger partial charge is 0.262 e. The Balaban J connectivity index is 1.92. The van der Waals surface area contributed by atoms with Gasteiger partial charge in [0.2, 0.25) is 0 Å². The quantitative estimate of drug-likeness (QED) is 0.796. The van der Waals surface area contributed by atoms with E-state index >= 15 is 0 Å². The summed E-state index contributed by atoms with van der Waals surface area (Å²) in [5, 5.41) is 0. The third-order valence-electron chi connectivity index (χ3n) is 3.63. The van der Waals surface area contributed by atoms with Crippen molar-refractivity contribution in [3.05, 3.63) is 36.4 Å². The van der Waals surface area contributed by atoms with Gasteiger partial charge >= 0.3 is 0 Å². The molecule has 140 valence electrons. The molecule has 0 unspecified atom stereocenters. The third-order valence-corrected chi connectivity index (χ3v) is 4.99. The molecule has 1 aliphatic heterocycles. The number of rotatable bonds is 7. The van der Waals surface area contributed by atoms with E-state index in [-0.39, 0.29) is 4.90 Å². The molecule has 0 spiro atoms. The Morgan fingerprint density at radius 1 is 0.962 bits per heavy atom. The molecule has 0 aromatic heterocycles. The molecule has 0 fully saturated rings. The number of sulfonamides is 1. The van der Waals surface area contributed by atoms with Crippen LogP contribution >= 0.6 is 0 Å². The highest BCUT2D eigenvalue weighted by atomic mass is 32.2. The van der Waals surface area contributed by atoms with Gasteiger partial charge in [0.15, 0.2) is 11.5 Å². The van der Waals surface area contributed by atoms with Gasteiger partial charge in [0.1, 0.15) is 24.7 Å². The van der Waals surface area contributed by atoms with Gasteiger partial charge in [-0.25, -0.2) is 8.42 Å². The molecule has 7 nitrogen and oxygen atoms in total. The minimum atomic E-state index is -3.84. The zero-order chi connectivity index (χ0) is 18.6. The molecular weight excluding hydrogens is 358 g/mol. The average molecular weight is 379 g/mol. The molecule has 1 aliphatic rings. The van der Waals surface area contributed by atoms with E-state index in [0.717, 1.165) is 0 Å². The van der Waals surface area contributed by atoms with Crippen LogP contribution in [-0.2, 0) is 10.0 Å². The zero-order valence-electron chi connectivity index (χ0n) is 14.7. The molecular formula is C18H21NO6S. The van der Waals surface area contributed by atoms with Crippen LogP contribution in [0.5, 0.6) is 23.0 Å². The van der Waals surface area contributed by atoms with Gasteiger partial charge in [-0.2, -0.15) is 0 Å². The molecule has 0 amide bonds. The van der Waals surface area contributed by atoms with Gasteiger partial charge in [-0.1, -0.05) is 0 Å². The highest BCUT2D eigenvalue weighted by molar-refractivity contribution is 7.92. The molecule has 0 aliphatic carbocycles. The van der Waals surface area contributed by atoms with Gasteiger partial charge in [0.05, 0.1) is 23.8 Å². The van der Waals surface area contributed by atoms with Crippen molar-refractivity contribution in [2.45, 2.75) is 18.7 Å². The Hall–Kier alpha value is -2.61. The van der Waals surface area contributed by atoms with E-state index < -0.39 is 10.0 Å². The number of nitrogens with one attached hydrogen (secondary N) is 1. The van der Waals surface area contributed by atoms with Crippen molar-refractivity contribution in [3.63, 3.8) is 0 Å². The monoisotopic (exact) mass is 379 g/mol. The molecule has 0 atom stereocenters. The topological polar surface area (TPSA) is 83.1 Å². The zero-order valence-corrected chi connectivity index (χ0v) is 15.5. The lowest BCUT2D eigenvalue weighted by Crippen LogP contribution is -2.17. The van der Waals surface area contributed by atoms with Gasteiger partial charge in [-0.15, -0.1) is 0 Å². The maximum absolute atomic E-state index is 12.8. The van der Waals surface area contributed by atoms with Gasteiger partial charge in [0.25, 0.3) is 10.0 Å². The summed E-state index contributed by atoms with van der Waals surface area (Å²) in [4.78, 5) is 0.0750. The Labute approximate surface area is 152 Å². The predicted molar refractivity (Wildman–Crippen MR) is 97.0 cm³/mol. The van der Waals surface area contributed by atoms with E-state index in [2.05, 4.69) is 4.72 Å². The maximum Gasteiger partial charge on any atom is 0.262 e. The lowest BCUT2D eigenvalue weighted by molar-refractivity contribution is 0.171. The fourth-order valence-electron chi connectivity index (χ4n) is 2.52. The van der Waals surface area contributed by atoms with E-state index in [1.807, 2.05) is 13.8 Å². The highest BCUT2D eigenvalue weighted by Gasteiger charge is 2.21. The van der Waals surface area contributed by atoms with Crippen LogP contribution in [0, 0.1) is 0 Å². The van der Waals surface area contributed by atoms with E-state index in [1.165, 1.54) is 12.1 Å². The summed E-state index contributed by atoms with van der Waals surface area (Å²) in [5.74, 6) is 1.92. The van der Waals surface area contributed by atoms with Gasteiger partial charge in [-0.05, 0) is 38.1 Å². The lowest BCUT2D eigenvalue weighted by Gasteiger charge is -2.19. The lowest BCUT2D eigenvalue weighted by atomic mass is 10.3. The summed E-state index contributed by atoms with van der Waals surface area (Å²) >= 11 is 0. The van der Waals surface area contributed by atoms with Crippen molar-refractivity contribution in [1.82, 2.24) is 0 Å². The number of anilines is 1. The highest BCUT2D eigenvalue weighted by Crippen LogP contribution is 2.35. The standard InChI is InChI=1S/C18H21NO6S/c1-3-22-13-5-7-16(23-4-2)15(11-13)19-26(20,21)14-6-8-17-18(12-14)25-10-9-24-17/h5-8,11-12,19H,3-4,9-10H2,1-2H3. The van der Waals surface area contributed by atoms with Crippen LogP contribution in [0.25, 0.3) is 0 Å². The largest absolute Gasteiger partial charge is 0.494 e. The normalized spacial score (nSPS) is 13.2. The van der Waals surface area contributed by atoms with Crippen molar-refractivity contribution >= 4 is 15.7 Å². The number of fused-ring (bicyclic) bond motifs is 1. The summed E-state index contributed by atoms with van der Waals surface area (Å²) in [6.07, 6.45) is 0. The molecule has 0 bridgehead atoms. The number of hydrogen-bond acceptors (Lipinski definition) is 6. The van der Waals surface area contributed by atoms with Crippen molar-refractivity contribution < 1.29 is 27.4 Å². The SMILES string of the molecule is CCOc1ccc(OCC)c(NS(=O)(=O)c2ccc3c(c2)OCCO3)c1. The molecule has 2 aromatic rings. The molecule has 26 heavy (non-hydrogen) atoms. The summed E-state index contributed by atoms with van der Waals surface area (Å²) < 4.78 is 50.0. The van der Waals surface area contributed by atoms with E-state index in [9.17, 15) is 8.42 Å². The van der Waals surface area contributed by atoms with Crippen LogP contribution < -0.4 is 23.7 Å². The molecule has 0 saturated carbocycles. The summed E-state index contributed by atoms with van der Waals surface area (Å²) in [6, 6.07) is 9.52. The molecule has 8 heteroatoms. The predicted octanol–water partition coefficient (Wildman–Crippen LogP) is 3.06. The minimum absolute atomic E-state index is 0.0750. The number of benzene rings is 2. The summed E-state index contributed by atoms with van der Waals surface area (Å²) in [7, 11) is -3.84. The van der Waals surface area contributed by atoms with Gasteiger partial charge in [-0.3, -0.25) is 4.72 Å². The molecule has 0 saturated heterocycles. The molecule has 1 N–H and O–H groups in total. The van der Waals surface area contributed by atoms with Crippen LogP contribution in [0.4, 0.5) is 5.69 Å². The fraction of sp³-hybridized carbons (Fsp3) is 0.333. The molecule has 2 aromatic carbocycles. The average Bonchev–Trinajstić information content (AvgIpc) is 2.63. The Morgan fingerprint density at radius 3 is 2.42 bits per heavy atom. The Bertz CT molecular complexity index is 881. The van der Waals surface area contributed by atoms with Crippen molar-refractivity contribution in [2.24, 2.45) is 0 Å². The first-order valence-corrected chi connectivity index (χ1v) is 9.84. The first kappa shape index (κ1) is 18.2. The summed E-state index contributed by atoms with van der Waals surface area (Å²) in [5.41, 5.74) is 0.313. The second-order valence-electron chi connectivity index (χ2n) is 5.43. The second kappa shape index (κ2) is 7.74. The van der Waals surface area contributed by atoms with E-state index in [0.29, 0.717) is 55.1 Å². The minimum Gasteiger partial charge on any atom is -0.494 e. The van der Waals surface area contributed by atoms with Gasteiger partial charge < -0.3 is 18.9 Å². The van der Waals surface area contributed by atoms with E-state index in [4.69, 9.17) is 18.9 Å². The number of hydrogen-bond donors (Lipinski definition) is 1. The number of ether oxygens (including phenoxy) is 4. The maximum atomic E-state index is 12.8. The second-order valence-corrected chi connectivity index (χ2v) is 7.12. The molecule has 1 heterocycles. The van der Waals surface area contributed by atoms with Crippen LogP contribution in [0.2, 0.25) is 0 Å². The molecule has 3 rings (SSSR count). The first-order chi connectivity index (χ1) is 12.5. The van der Waals surface area contributed by atoms with Crippen molar-refractivity contribution in [3.8, 4) is 23.0 Å². The van der Waals surface area contributed by atoms with Crippen LogP contribution in [0.1, 0.15) is 13.8 Å². The van der Waals surface area contributed by atoms with Crippen LogP contribution in [0.15, 0.2) is 41.3 Å². The van der Waals surface area contributed by atoms with E-state index in [1.54, 1.807) is 24.3 Å². The third kappa shape index (κ3) is 3.96. The van der Waals surface area contributed by atoms with Crippen LogP contribution in [0.3, 0.4) is 0 Å². The van der Waals surface area contributed by atoms with Gasteiger partial charge in [0, 0.05) is 12.1 Å².